The molecule has 0 unspecified atom stereocenters. The average molecular weight is 442 g/mol. The lowest BCUT2D eigenvalue weighted by atomic mass is 10.2. The summed E-state index contributed by atoms with van der Waals surface area (Å²) < 4.78 is 7.23. The van der Waals surface area contributed by atoms with Crippen molar-refractivity contribution in [2.45, 2.75) is 19.6 Å². The zero-order valence-corrected chi connectivity index (χ0v) is 18.8. The van der Waals surface area contributed by atoms with Crippen molar-refractivity contribution in [3.8, 4) is 11.4 Å². The predicted octanol–water partition coefficient (Wildman–Crippen LogP) is 5.14. The molecule has 0 aliphatic heterocycles. The molecule has 0 fully saturated rings. The summed E-state index contributed by atoms with van der Waals surface area (Å²) in [6.07, 6.45) is 1.67. The Kier molecular flexibility index (Phi) is 7.60. The molecule has 0 aliphatic rings. The van der Waals surface area contributed by atoms with E-state index < -0.39 is 0 Å². The van der Waals surface area contributed by atoms with Gasteiger partial charge in [0, 0.05) is 22.7 Å². The molecule has 1 amide bonds. The van der Waals surface area contributed by atoms with Crippen LogP contribution in [0.2, 0.25) is 5.02 Å². The van der Waals surface area contributed by atoms with Gasteiger partial charge in [-0.05, 0) is 49.7 Å². The first-order valence-corrected chi connectivity index (χ1v) is 11.0. The molecular formula is C23H24ClN3O2S. The van der Waals surface area contributed by atoms with Crippen LogP contribution < -0.4 is 10.2 Å². The van der Waals surface area contributed by atoms with Crippen molar-refractivity contribution in [3.63, 3.8) is 0 Å². The first kappa shape index (κ1) is 22.0. The number of hydrazone groups is 1. The Bertz CT molecular complexity index is 1050. The van der Waals surface area contributed by atoms with Crippen molar-refractivity contribution < 1.29 is 9.53 Å². The largest absolute Gasteiger partial charge is 0.497 e. The third kappa shape index (κ3) is 5.46. The highest BCUT2D eigenvalue weighted by Crippen LogP contribution is 2.25. The van der Waals surface area contributed by atoms with Crippen molar-refractivity contribution in [1.82, 2.24) is 9.99 Å². The molecule has 0 atom stereocenters. The minimum Gasteiger partial charge on any atom is -0.497 e. The fourth-order valence-corrected chi connectivity index (χ4v) is 4.11. The number of ether oxygens (including phenoxy) is 1. The maximum atomic E-state index is 12.1. The average Bonchev–Trinajstić information content (AvgIpc) is 3.02. The van der Waals surface area contributed by atoms with Gasteiger partial charge in [-0.3, -0.25) is 4.79 Å². The highest BCUT2D eigenvalue weighted by atomic mass is 35.5. The molecule has 1 heterocycles. The predicted molar refractivity (Wildman–Crippen MR) is 125 cm³/mol. The minimum atomic E-state index is -0.135. The number of para-hydroxylation sites is 1. The summed E-state index contributed by atoms with van der Waals surface area (Å²) in [5, 5.41) is 4.81. The highest BCUT2D eigenvalue weighted by molar-refractivity contribution is 7.99. The second kappa shape index (κ2) is 10.4. The van der Waals surface area contributed by atoms with Crippen molar-refractivity contribution in [2.75, 3.05) is 12.9 Å². The molecule has 0 radical (unpaired) electrons. The minimum absolute atomic E-state index is 0.135. The molecule has 156 valence electrons. The van der Waals surface area contributed by atoms with Gasteiger partial charge >= 0.3 is 0 Å². The number of nitrogens with zero attached hydrogens (tertiary/aromatic N) is 2. The van der Waals surface area contributed by atoms with Crippen LogP contribution in [0.4, 0.5) is 0 Å². The summed E-state index contributed by atoms with van der Waals surface area (Å²) >= 11 is 7.88. The van der Waals surface area contributed by atoms with Crippen LogP contribution in [-0.4, -0.2) is 29.6 Å². The molecule has 1 N–H and O–H groups in total. The van der Waals surface area contributed by atoms with E-state index in [0.29, 0.717) is 10.8 Å². The Morgan fingerprint density at radius 2 is 1.93 bits per heavy atom. The van der Waals surface area contributed by atoms with Gasteiger partial charge in [-0.25, -0.2) is 5.43 Å². The molecule has 0 saturated heterocycles. The Morgan fingerprint density at radius 1 is 1.20 bits per heavy atom. The van der Waals surface area contributed by atoms with Crippen LogP contribution in [0.5, 0.6) is 5.75 Å². The number of benzene rings is 2. The van der Waals surface area contributed by atoms with Gasteiger partial charge in [0.05, 0.1) is 29.8 Å². The normalized spacial score (nSPS) is 11.1. The third-order valence-electron chi connectivity index (χ3n) is 4.62. The molecule has 7 heteroatoms. The monoisotopic (exact) mass is 441 g/mol. The van der Waals surface area contributed by atoms with Crippen molar-refractivity contribution in [1.29, 1.82) is 0 Å². The standard InChI is InChI=1S/C23H24ClN3O2S/c1-16-12-19(17(2)27(16)22-7-5-4-6-21(22)24)13-25-26-23(28)15-30-14-18-8-10-20(29-3)11-9-18/h4-13H,14-15H2,1-3H3,(H,26,28)/b25-13-. The SMILES string of the molecule is COc1ccc(CSCC(=O)N/N=C\c2cc(C)n(-c3ccccc3Cl)c2C)cc1. The van der Waals surface area contributed by atoms with E-state index in [2.05, 4.69) is 15.1 Å². The van der Waals surface area contributed by atoms with E-state index in [9.17, 15) is 4.79 Å². The number of amides is 1. The van der Waals surface area contributed by atoms with Gasteiger partial charge in [-0.1, -0.05) is 35.9 Å². The molecule has 0 aliphatic carbocycles. The maximum Gasteiger partial charge on any atom is 0.250 e. The van der Waals surface area contributed by atoms with Gasteiger partial charge in [0.1, 0.15) is 5.75 Å². The van der Waals surface area contributed by atoms with E-state index in [1.165, 1.54) is 11.8 Å². The highest BCUT2D eigenvalue weighted by Gasteiger charge is 2.11. The Balaban J connectivity index is 1.54. The molecule has 2 aromatic carbocycles. The summed E-state index contributed by atoms with van der Waals surface area (Å²) in [7, 11) is 1.64. The van der Waals surface area contributed by atoms with Crippen LogP contribution in [0.3, 0.4) is 0 Å². The number of carbonyl (C=O) groups is 1. The smallest absolute Gasteiger partial charge is 0.250 e. The third-order valence-corrected chi connectivity index (χ3v) is 5.94. The number of thioether (sulfide) groups is 1. The molecule has 30 heavy (non-hydrogen) atoms. The van der Waals surface area contributed by atoms with Crippen LogP contribution in [0.1, 0.15) is 22.5 Å². The Labute approximate surface area is 186 Å². The van der Waals surface area contributed by atoms with Gasteiger partial charge < -0.3 is 9.30 Å². The first-order chi connectivity index (χ1) is 14.5. The van der Waals surface area contributed by atoms with Gasteiger partial charge in [0.15, 0.2) is 0 Å². The molecule has 3 aromatic rings. The number of carbonyl (C=O) groups excluding carboxylic acids is 1. The molecule has 0 bridgehead atoms. The van der Waals surface area contributed by atoms with E-state index in [0.717, 1.165) is 39.7 Å². The van der Waals surface area contributed by atoms with Gasteiger partial charge in [-0.2, -0.15) is 5.10 Å². The maximum absolute atomic E-state index is 12.1. The number of nitrogens with one attached hydrogen (secondary N) is 1. The number of aromatic nitrogens is 1. The summed E-state index contributed by atoms with van der Waals surface area (Å²) in [5.41, 5.74) is 7.64. The number of hydrogen-bond acceptors (Lipinski definition) is 4. The van der Waals surface area contributed by atoms with Crippen molar-refractivity contribution >= 4 is 35.5 Å². The Hall–Kier alpha value is -2.70. The van der Waals surface area contributed by atoms with Gasteiger partial charge in [0.25, 0.3) is 0 Å². The van der Waals surface area contributed by atoms with Crippen LogP contribution in [0, 0.1) is 13.8 Å². The lowest BCUT2D eigenvalue weighted by Gasteiger charge is -2.11. The number of hydrogen-bond donors (Lipinski definition) is 1. The molecule has 0 spiro atoms. The summed E-state index contributed by atoms with van der Waals surface area (Å²) in [6, 6.07) is 17.6. The van der Waals surface area contributed by atoms with Gasteiger partial charge in [0.2, 0.25) is 5.91 Å². The summed E-state index contributed by atoms with van der Waals surface area (Å²) in [6.45, 7) is 4.02. The number of rotatable bonds is 8. The molecular weight excluding hydrogens is 418 g/mol. The fraction of sp³-hybridized carbons (Fsp3) is 0.217. The van der Waals surface area contributed by atoms with E-state index in [-0.39, 0.29) is 5.91 Å². The fourth-order valence-electron chi connectivity index (χ4n) is 3.11. The lowest BCUT2D eigenvalue weighted by Crippen LogP contribution is -2.19. The number of halogens is 1. The number of methoxy groups -OCH3 is 1. The van der Waals surface area contributed by atoms with Crippen LogP contribution in [0.15, 0.2) is 59.7 Å². The lowest BCUT2D eigenvalue weighted by molar-refractivity contribution is -0.118. The second-order valence-corrected chi connectivity index (χ2v) is 8.14. The molecule has 3 rings (SSSR count). The second-order valence-electron chi connectivity index (χ2n) is 6.75. The molecule has 1 aromatic heterocycles. The summed E-state index contributed by atoms with van der Waals surface area (Å²) in [5.74, 6) is 1.77. The number of aryl methyl sites for hydroxylation is 1. The van der Waals surface area contributed by atoms with Crippen LogP contribution in [-0.2, 0) is 10.5 Å². The van der Waals surface area contributed by atoms with E-state index in [4.69, 9.17) is 16.3 Å². The zero-order chi connectivity index (χ0) is 21.5. The Morgan fingerprint density at radius 3 is 2.63 bits per heavy atom. The topological polar surface area (TPSA) is 55.6 Å². The van der Waals surface area contributed by atoms with E-state index >= 15 is 0 Å². The van der Waals surface area contributed by atoms with E-state index in [1.807, 2.05) is 68.4 Å². The van der Waals surface area contributed by atoms with Crippen molar-refractivity contribution in [2.24, 2.45) is 5.10 Å². The van der Waals surface area contributed by atoms with E-state index in [1.54, 1.807) is 13.3 Å². The van der Waals surface area contributed by atoms with Crippen molar-refractivity contribution in [3.05, 3.63) is 82.1 Å². The quantitative estimate of drug-likeness (QED) is 0.389. The van der Waals surface area contributed by atoms with Crippen LogP contribution in [0.25, 0.3) is 5.69 Å². The summed E-state index contributed by atoms with van der Waals surface area (Å²) in [4.78, 5) is 12.1. The van der Waals surface area contributed by atoms with Gasteiger partial charge in [-0.15, -0.1) is 11.8 Å². The molecule has 0 saturated carbocycles. The first-order valence-electron chi connectivity index (χ1n) is 9.46. The van der Waals surface area contributed by atoms with Crippen LogP contribution >= 0.6 is 23.4 Å². The zero-order valence-electron chi connectivity index (χ0n) is 17.2. The molecule has 5 nitrogen and oxygen atoms in total.